The van der Waals surface area contributed by atoms with Crippen molar-refractivity contribution in [1.82, 2.24) is 4.90 Å². The van der Waals surface area contributed by atoms with Gasteiger partial charge >= 0.3 is 0 Å². The molecule has 1 fully saturated rings. The van der Waals surface area contributed by atoms with Crippen molar-refractivity contribution in [2.24, 2.45) is 0 Å². The Bertz CT molecular complexity index is 450. The van der Waals surface area contributed by atoms with Crippen molar-refractivity contribution >= 4 is 11.4 Å². The zero-order valence-electron chi connectivity index (χ0n) is 13.6. The van der Waals surface area contributed by atoms with Gasteiger partial charge in [-0.2, -0.15) is 0 Å². The first kappa shape index (κ1) is 16.0. The van der Waals surface area contributed by atoms with Gasteiger partial charge in [0, 0.05) is 42.6 Å². The van der Waals surface area contributed by atoms with E-state index in [-0.39, 0.29) is 0 Å². The van der Waals surface area contributed by atoms with Crippen molar-refractivity contribution in [3.63, 3.8) is 0 Å². The Kier molecular flexibility index (Phi) is 5.74. The number of benzene rings is 1. The molecule has 1 heterocycles. The second-order valence-corrected chi connectivity index (χ2v) is 5.98. The van der Waals surface area contributed by atoms with Crippen molar-refractivity contribution in [2.75, 3.05) is 43.9 Å². The summed E-state index contributed by atoms with van der Waals surface area (Å²) in [6.45, 7) is 8.47. The Morgan fingerprint density at radius 3 is 2.76 bits per heavy atom. The highest BCUT2D eigenvalue weighted by atomic mass is 16.5. The Morgan fingerprint density at radius 1 is 1.24 bits per heavy atom. The van der Waals surface area contributed by atoms with Crippen molar-refractivity contribution < 1.29 is 4.74 Å². The van der Waals surface area contributed by atoms with Gasteiger partial charge in [-0.3, -0.25) is 0 Å². The van der Waals surface area contributed by atoms with E-state index < -0.39 is 0 Å². The van der Waals surface area contributed by atoms with Gasteiger partial charge in [-0.05, 0) is 38.9 Å². The number of hydrogen-bond donors (Lipinski definition) is 1. The van der Waals surface area contributed by atoms with Crippen LogP contribution in [0.5, 0.6) is 5.75 Å². The van der Waals surface area contributed by atoms with Crippen molar-refractivity contribution in [2.45, 2.75) is 39.2 Å². The van der Waals surface area contributed by atoms with Gasteiger partial charge in [0.05, 0.1) is 6.61 Å². The minimum atomic E-state index is 0.540. The maximum atomic E-state index is 6.07. The van der Waals surface area contributed by atoms with E-state index in [0.29, 0.717) is 6.04 Å². The summed E-state index contributed by atoms with van der Waals surface area (Å²) in [6, 6.07) is 6.68. The maximum absolute atomic E-state index is 6.07. The normalized spacial score (nSPS) is 20.3. The molecule has 1 saturated heterocycles. The number of nitrogen functional groups attached to an aromatic ring is 1. The van der Waals surface area contributed by atoms with E-state index in [9.17, 15) is 0 Å². The van der Waals surface area contributed by atoms with Crippen LogP contribution in [0.1, 0.15) is 33.1 Å². The van der Waals surface area contributed by atoms with Crippen LogP contribution in [0.3, 0.4) is 0 Å². The van der Waals surface area contributed by atoms with Crippen LogP contribution >= 0.6 is 0 Å². The third-order valence-corrected chi connectivity index (χ3v) is 4.09. The lowest BCUT2D eigenvalue weighted by molar-refractivity contribution is 0.317. The fourth-order valence-electron chi connectivity index (χ4n) is 3.01. The molecule has 118 valence electrons. The lowest BCUT2D eigenvalue weighted by atomic mass is 10.1. The molecule has 0 amide bonds. The largest absolute Gasteiger partial charge is 0.493 e. The van der Waals surface area contributed by atoms with Crippen LogP contribution in [-0.2, 0) is 0 Å². The lowest BCUT2D eigenvalue weighted by Gasteiger charge is -2.32. The summed E-state index contributed by atoms with van der Waals surface area (Å²) in [7, 11) is 2.21. The molecule has 1 atom stereocenters. The number of anilines is 2. The highest BCUT2D eigenvalue weighted by molar-refractivity contribution is 5.61. The third-order valence-electron chi connectivity index (χ3n) is 4.09. The number of hydrogen-bond acceptors (Lipinski definition) is 4. The predicted octanol–water partition coefficient (Wildman–Crippen LogP) is 2.98. The van der Waals surface area contributed by atoms with Crippen molar-refractivity contribution in [1.29, 1.82) is 0 Å². The summed E-state index contributed by atoms with van der Waals surface area (Å²) in [6.07, 6.45) is 3.34. The van der Waals surface area contributed by atoms with Gasteiger partial charge in [-0.1, -0.05) is 13.8 Å². The fourth-order valence-corrected chi connectivity index (χ4v) is 3.01. The van der Waals surface area contributed by atoms with E-state index >= 15 is 0 Å². The molecular formula is C17H29N3O. The summed E-state index contributed by atoms with van der Waals surface area (Å²) in [4.78, 5) is 4.92. The summed E-state index contributed by atoms with van der Waals surface area (Å²) in [5.74, 6) is 0.888. The molecule has 1 aliphatic heterocycles. The van der Waals surface area contributed by atoms with E-state index in [1.165, 1.54) is 12.1 Å². The average Bonchev–Trinajstić information content (AvgIpc) is 2.65. The molecule has 1 aliphatic rings. The predicted molar refractivity (Wildman–Crippen MR) is 90.2 cm³/mol. The summed E-state index contributed by atoms with van der Waals surface area (Å²) < 4.78 is 5.77. The van der Waals surface area contributed by atoms with Gasteiger partial charge in [0.1, 0.15) is 5.75 Å². The average molecular weight is 291 g/mol. The first-order valence-corrected chi connectivity index (χ1v) is 8.12. The van der Waals surface area contributed by atoms with Crippen LogP contribution < -0.4 is 15.4 Å². The van der Waals surface area contributed by atoms with Gasteiger partial charge in [0.25, 0.3) is 0 Å². The van der Waals surface area contributed by atoms with E-state index in [1.807, 2.05) is 6.07 Å². The maximum Gasteiger partial charge on any atom is 0.123 e. The van der Waals surface area contributed by atoms with Crippen LogP contribution in [0, 0.1) is 0 Å². The molecule has 21 heavy (non-hydrogen) atoms. The number of likely N-dealkylation sites (N-methyl/N-ethyl adjacent to an activating group) is 1. The van der Waals surface area contributed by atoms with Gasteiger partial charge < -0.3 is 20.3 Å². The molecule has 4 heteroatoms. The first-order chi connectivity index (χ1) is 10.1. The fraction of sp³-hybridized carbons (Fsp3) is 0.647. The number of rotatable bonds is 5. The molecule has 1 unspecified atom stereocenters. The topological polar surface area (TPSA) is 41.7 Å². The lowest BCUT2D eigenvalue weighted by Crippen LogP contribution is -2.39. The highest BCUT2D eigenvalue weighted by Gasteiger charge is 2.22. The van der Waals surface area contributed by atoms with Crippen molar-refractivity contribution in [3.05, 3.63) is 18.2 Å². The molecule has 4 nitrogen and oxygen atoms in total. The summed E-state index contributed by atoms with van der Waals surface area (Å²) in [5.41, 5.74) is 8.05. The zero-order valence-corrected chi connectivity index (χ0v) is 13.6. The quantitative estimate of drug-likeness (QED) is 0.847. The molecule has 0 radical (unpaired) electrons. The summed E-state index contributed by atoms with van der Waals surface area (Å²) in [5, 5.41) is 0. The Hall–Kier alpha value is -1.42. The molecule has 0 aromatic heterocycles. The Balaban J connectivity index is 2.23. The Labute approximate surface area is 128 Å². The highest BCUT2D eigenvalue weighted by Crippen LogP contribution is 2.29. The van der Waals surface area contributed by atoms with Crippen LogP contribution in [0.2, 0.25) is 0 Å². The molecule has 0 bridgehead atoms. The molecule has 0 aliphatic carbocycles. The van der Waals surface area contributed by atoms with Gasteiger partial charge in [-0.15, -0.1) is 0 Å². The van der Waals surface area contributed by atoms with Crippen LogP contribution in [-0.4, -0.2) is 44.2 Å². The van der Waals surface area contributed by atoms with E-state index in [4.69, 9.17) is 10.5 Å². The second kappa shape index (κ2) is 7.55. The summed E-state index contributed by atoms with van der Waals surface area (Å²) >= 11 is 0. The standard InChI is InChI=1S/C17H29N3O/c1-4-9-21-17-11-14(18)10-16(12-17)20-8-6-7-19(3)13-15(20)5-2/h10-12,15H,4-9,13,18H2,1-3H3. The molecule has 2 rings (SSSR count). The zero-order chi connectivity index (χ0) is 15.2. The van der Waals surface area contributed by atoms with Crippen LogP contribution in [0.4, 0.5) is 11.4 Å². The van der Waals surface area contributed by atoms with Gasteiger partial charge in [-0.25, -0.2) is 0 Å². The minimum Gasteiger partial charge on any atom is -0.493 e. The molecular weight excluding hydrogens is 262 g/mol. The van der Waals surface area contributed by atoms with Gasteiger partial charge in [0.2, 0.25) is 0 Å². The number of ether oxygens (including phenoxy) is 1. The van der Waals surface area contributed by atoms with Crippen LogP contribution in [0.25, 0.3) is 0 Å². The molecule has 1 aromatic rings. The smallest absolute Gasteiger partial charge is 0.123 e. The molecule has 1 aromatic carbocycles. The van der Waals surface area contributed by atoms with Crippen molar-refractivity contribution in [3.8, 4) is 5.75 Å². The molecule has 0 spiro atoms. The SMILES string of the molecule is CCCOc1cc(N)cc(N2CCCN(C)CC2CC)c1. The van der Waals surface area contributed by atoms with Crippen LogP contribution in [0.15, 0.2) is 18.2 Å². The van der Waals surface area contributed by atoms with Gasteiger partial charge in [0.15, 0.2) is 0 Å². The Morgan fingerprint density at radius 2 is 2.05 bits per heavy atom. The van der Waals surface area contributed by atoms with E-state index in [2.05, 4.69) is 42.8 Å². The first-order valence-electron chi connectivity index (χ1n) is 8.12. The third kappa shape index (κ3) is 4.27. The monoisotopic (exact) mass is 291 g/mol. The van der Waals surface area contributed by atoms with E-state index in [0.717, 1.165) is 50.5 Å². The molecule has 0 saturated carbocycles. The number of nitrogens with two attached hydrogens (primary N) is 1. The van der Waals surface area contributed by atoms with E-state index in [1.54, 1.807) is 0 Å². The minimum absolute atomic E-state index is 0.540. The number of nitrogens with zero attached hydrogens (tertiary/aromatic N) is 2. The molecule has 2 N–H and O–H groups in total. The second-order valence-electron chi connectivity index (χ2n) is 5.98.